The second-order valence-corrected chi connectivity index (χ2v) is 7.65. The summed E-state index contributed by atoms with van der Waals surface area (Å²) in [5.74, 6) is 1.79. The van der Waals surface area contributed by atoms with Gasteiger partial charge in [0.05, 0.1) is 0 Å². The molecule has 0 saturated heterocycles. The predicted octanol–water partition coefficient (Wildman–Crippen LogP) is 5.65. The van der Waals surface area contributed by atoms with Crippen LogP contribution in [-0.4, -0.2) is 14.8 Å². The highest BCUT2D eigenvalue weighted by Crippen LogP contribution is 2.28. The lowest BCUT2D eigenvalue weighted by atomic mass is 10.1. The van der Waals surface area contributed by atoms with Gasteiger partial charge in [0, 0.05) is 12.3 Å². The van der Waals surface area contributed by atoms with Crippen LogP contribution in [0.3, 0.4) is 0 Å². The largest absolute Gasteiger partial charge is 0.483 e. The second-order valence-electron chi connectivity index (χ2n) is 6.70. The molecule has 1 unspecified atom stereocenters. The number of thioether (sulfide) groups is 1. The van der Waals surface area contributed by atoms with Crippen molar-refractivity contribution in [3.63, 3.8) is 0 Å². The van der Waals surface area contributed by atoms with Crippen molar-refractivity contribution in [3.05, 3.63) is 83.5 Å². The molecule has 4 nitrogen and oxygen atoms in total. The van der Waals surface area contributed by atoms with Crippen LogP contribution in [0.5, 0.6) is 5.75 Å². The summed E-state index contributed by atoms with van der Waals surface area (Å²) >= 11 is 1.45. The van der Waals surface area contributed by atoms with Gasteiger partial charge < -0.3 is 4.74 Å². The molecule has 1 heterocycles. The van der Waals surface area contributed by atoms with Crippen LogP contribution in [-0.2, 0) is 12.3 Å². The van der Waals surface area contributed by atoms with Crippen LogP contribution in [0.25, 0.3) is 0 Å². The third-order valence-electron chi connectivity index (χ3n) is 4.24. The Hall–Kier alpha value is -2.60. The van der Waals surface area contributed by atoms with Crippen LogP contribution < -0.4 is 4.74 Å². The van der Waals surface area contributed by atoms with Crippen LogP contribution in [0, 0.1) is 19.7 Å². The van der Waals surface area contributed by atoms with Crippen molar-refractivity contribution in [1.82, 2.24) is 14.8 Å². The van der Waals surface area contributed by atoms with Gasteiger partial charge in [0.1, 0.15) is 11.6 Å². The first-order valence-corrected chi connectivity index (χ1v) is 10.1. The van der Waals surface area contributed by atoms with Gasteiger partial charge in [-0.05, 0) is 55.7 Å². The highest BCUT2D eigenvalue weighted by atomic mass is 32.2. The minimum atomic E-state index is -0.281. The molecule has 146 valence electrons. The van der Waals surface area contributed by atoms with Crippen LogP contribution in [0.4, 0.5) is 4.39 Å². The number of rotatable bonds is 8. The Morgan fingerprint density at radius 1 is 1.18 bits per heavy atom. The van der Waals surface area contributed by atoms with Gasteiger partial charge in [-0.2, -0.15) is 0 Å². The Morgan fingerprint density at radius 2 is 1.89 bits per heavy atom. The lowest BCUT2D eigenvalue weighted by Gasteiger charge is -2.16. The summed E-state index contributed by atoms with van der Waals surface area (Å²) in [5.41, 5.74) is 2.94. The second kappa shape index (κ2) is 9.06. The van der Waals surface area contributed by atoms with Gasteiger partial charge in [0.15, 0.2) is 17.1 Å². The zero-order valence-corrected chi connectivity index (χ0v) is 17.2. The van der Waals surface area contributed by atoms with Gasteiger partial charge in [-0.15, -0.1) is 16.8 Å². The summed E-state index contributed by atoms with van der Waals surface area (Å²) in [6, 6.07) is 12.9. The molecular weight excluding hydrogens is 373 g/mol. The molecule has 1 aromatic heterocycles. The molecule has 0 amide bonds. The monoisotopic (exact) mass is 397 g/mol. The average Bonchev–Trinajstić information content (AvgIpc) is 3.03. The van der Waals surface area contributed by atoms with Gasteiger partial charge in [-0.3, -0.25) is 4.57 Å². The van der Waals surface area contributed by atoms with E-state index in [1.54, 1.807) is 18.2 Å². The molecule has 0 N–H and O–H groups in total. The molecular formula is C22H24FN3OS. The minimum Gasteiger partial charge on any atom is -0.483 e. The molecule has 2 aromatic carbocycles. The topological polar surface area (TPSA) is 39.9 Å². The smallest absolute Gasteiger partial charge is 0.191 e. The maximum atomic E-state index is 13.9. The lowest BCUT2D eigenvalue weighted by molar-refractivity contribution is 0.210. The van der Waals surface area contributed by atoms with Crippen molar-refractivity contribution in [2.24, 2.45) is 0 Å². The molecule has 0 bridgehead atoms. The Kier molecular flexibility index (Phi) is 6.52. The molecule has 3 rings (SSSR count). The van der Waals surface area contributed by atoms with Crippen molar-refractivity contribution >= 4 is 11.8 Å². The Morgan fingerprint density at radius 3 is 2.57 bits per heavy atom. The summed E-state index contributed by atoms with van der Waals surface area (Å²) in [7, 11) is 0. The number of aryl methyl sites for hydroxylation is 2. The van der Waals surface area contributed by atoms with E-state index in [4.69, 9.17) is 4.74 Å². The Bertz CT molecular complexity index is 950. The van der Waals surface area contributed by atoms with Crippen molar-refractivity contribution in [2.75, 3.05) is 0 Å². The van der Waals surface area contributed by atoms with Gasteiger partial charge in [0.2, 0.25) is 0 Å². The van der Waals surface area contributed by atoms with Crippen LogP contribution in [0.2, 0.25) is 0 Å². The van der Waals surface area contributed by atoms with E-state index in [1.165, 1.54) is 17.8 Å². The molecule has 28 heavy (non-hydrogen) atoms. The SMILES string of the molecule is C=CCn1c(SCc2ccccc2F)nnc1C(C)Oc1cc(C)cc(C)c1. The zero-order valence-electron chi connectivity index (χ0n) is 16.4. The fourth-order valence-corrected chi connectivity index (χ4v) is 3.96. The molecule has 0 aliphatic carbocycles. The highest BCUT2D eigenvalue weighted by molar-refractivity contribution is 7.98. The van der Waals surface area contributed by atoms with Crippen molar-refractivity contribution in [2.45, 2.75) is 44.3 Å². The van der Waals surface area contributed by atoms with Gasteiger partial charge in [-0.25, -0.2) is 4.39 Å². The number of benzene rings is 2. The van der Waals surface area contributed by atoms with Crippen LogP contribution in [0.1, 0.15) is 35.5 Å². The summed E-state index contributed by atoms with van der Waals surface area (Å²) in [4.78, 5) is 0. The van der Waals surface area contributed by atoms with E-state index in [2.05, 4.69) is 22.8 Å². The maximum Gasteiger partial charge on any atom is 0.191 e. The number of halogens is 1. The lowest BCUT2D eigenvalue weighted by Crippen LogP contribution is -2.12. The van der Waals surface area contributed by atoms with E-state index in [-0.39, 0.29) is 11.9 Å². The fourth-order valence-electron chi connectivity index (χ4n) is 3.02. The van der Waals surface area contributed by atoms with E-state index >= 15 is 0 Å². The molecule has 0 radical (unpaired) electrons. The van der Waals surface area contributed by atoms with Gasteiger partial charge in [-0.1, -0.05) is 42.1 Å². The Balaban J connectivity index is 1.79. The van der Waals surface area contributed by atoms with E-state index in [1.807, 2.05) is 43.5 Å². The summed E-state index contributed by atoms with van der Waals surface area (Å²) in [6.45, 7) is 10.4. The third-order valence-corrected chi connectivity index (χ3v) is 5.26. The number of hydrogen-bond donors (Lipinski definition) is 0. The van der Waals surface area contributed by atoms with E-state index < -0.39 is 0 Å². The quantitative estimate of drug-likeness (QED) is 0.364. The molecule has 1 atom stereocenters. The average molecular weight is 398 g/mol. The van der Waals surface area contributed by atoms with E-state index in [9.17, 15) is 4.39 Å². The number of nitrogens with zero attached hydrogens (tertiary/aromatic N) is 3. The van der Waals surface area contributed by atoms with E-state index in [0.29, 0.717) is 23.0 Å². The maximum absolute atomic E-state index is 13.9. The minimum absolute atomic E-state index is 0.212. The number of hydrogen-bond acceptors (Lipinski definition) is 4. The van der Waals surface area contributed by atoms with Crippen molar-refractivity contribution in [1.29, 1.82) is 0 Å². The molecule has 0 aliphatic heterocycles. The Labute approximate surface area is 169 Å². The third kappa shape index (κ3) is 4.81. The molecule has 6 heteroatoms. The number of allylic oxidation sites excluding steroid dienone is 1. The molecule has 0 saturated carbocycles. The van der Waals surface area contributed by atoms with E-state index in [0.717, 1.165) is 22.7 Å². The summed E-state index contributed by atoms with van der Waals surface area (Å²) < 4.78 is 22.0. The molecule has 0 spiro atoms. The predicted molar refractivity (Wildman–Crippen MR) is 111 cm³/mol. The molecule has 0 aliphatic rings. The highest BCUT2D eigenvalue weighted by Gasteiger charge is 2.19. The summed E-state index contributed by atoms with van der Waals surface area (Å²) in [5, 5.41) is 9.36. The first kappa shape index (κ1) is 20.1. The van der Waals surface area contributed by atoms with Gasteiger partial charge >= 0.3 is 0 Å². The molecule has 0 fully saturated rings. The van der Waals surface area contributed by atoms with Crippen molar-refractivity contribution < 1.29 is 9.13 Å². The van der Waals surface area contributed by atoms with Crippen LogP contribution in [0.15, 0.2) is 60.3 Å². The number of aromatic nitrogens is 3. The van der Waals surface area contributed by atoms with Crippen molar-refractivity contribution in [3.8, 4) is 5.75 Å². The standard InChI is InChI=1S/C22H24FN3OS/c1-5-10-26-21(17(4)27-19-12-15(2)11-16(3)13-19)24-25-22(26)28-14-18-8-6-7-9-20(18)23/h5-9,11-13,17H,1,10,14H2,2-4H3. The van der Waals surface area contributed by atoms with Gasteiger partial charge in [0.25, 0.3) is 0 Å². The van der Waals surface area contributed by atoms with Crippen LogP contribution >= 0.6 is 11.8 Å². The first-order valence-electron chi connectivity index (χ1n) is 9.13. The molecule has 3 aromatic rings. The number of ether oxygens (including phenoxy) is 1. The first-order chi connectivity index (χ1) is 13.5. The fraction of sp³-hybridized carbons (Fsp3) is 0.273. The normalized spacial score (nSPS) is 12.0. The summed E-state index contributed by atoms with van der Waals surface area (Å²) in [6.07, 6.45) is 1.51. The zero-order chi connectivity index (χ0) is 20.1.